The molecule has 31 heavy (non-hydrogen) atoms. The standard InChI is InChI=1S/C25H19ClN4O/c1-2-16-7-12-23-20(13-16)22(14-24(31-23)17-8-10-18(26)11-9-17)29-30-25-19-5-3-4-6-21(19)27-15-28-25/h3-15H,2H2,1H3,(H,27,28,30)/b29-22+. The summed E-state index contributed by atoms with van der Waals surface area (Å²) in [6.07, 6.45) is 2.46. The number of hydrogen-bond donors (Lipinski definition) is 1. The molecule has 152 valence electrons. The maximum atomic E-state index is 6.19. The van der Waals surface area contributed by atoms with E-state index in [1.165, 1.54) is 11.9 Å². The second kappa shape index (κ2) is 8.20. The molecule has 2 heterocycles. The third-order valence-electron chi connectivity index (χ3n) is 5.17. The van der Waals surface area contributed by atoms with Gasteiger partial charge in [0.2, 0.25) is 0 Å². The second-order valence-electron chi connectivity index (χ2n) is 7.15. The predicted octanol–water partition coefficient (Wildman–Crippen LogP) is 6.19. The van der Waals surface area contributed by atoms with E-state index in [4.69, 9.17) is 21.1 Å². The van der Waals surface area contributed by atoms with Crippen LogP contribution in [0.3, 0.4) is 0 Å². The van der Waals surface area contributed by atoms with Crippen LogP contribution in [0.1, 0.15) is 12.5 Å². The molecule has 0 spiro atoms. The lowest BCUT2D eigenvalue weighted by molar-refractivity contribution is 0.618. The number of anilines is 1. The fourth-order valence-electron chi connectivity index (χ4n) is 3.49. The molecule has 3 aromatic carbocycles. The van der Waals surface area contributed by atoms with Gasteiger partial charge in [0.25, 0.3) is 0 Å². The van der Waals surface area contributed by atoms with E-state index in [-0.39, 0.29) is 0 Å². The summed E-state index contributed by atoms with van der Waals surface area (Å²) < 4.78 is 6.19. The number of nitrogens with one attached hydrogen (secondary N) is 1. The van der Waals surface area contributed by atoms with Crippen LogP contribution in [-0.2, 0) is 6.42 Å². The molecule has 0 unspecified atom stereocenters. The number of fused-ring (bicyclic) bond motifs is 2. The van der Waals surface area contributed by atoms with Crippen LogP contribution >= 0.6 is 11.6 Å². The summed E-state index contributed by atoms with van der Waals surface area (Å²) in [6, 6.07) is 23.5. The first kappa shape index (κ1) is 19.3. The fourth-order valence-corrected chi connectivity index (χ4v) is 3.62. The van der Waals surface area contributed by atoms with Crippen molar-refractivity contribution in [3.8, 4) is 11.3 Å². The van der Waals surface area contributed by atoms with Crippen molar-refractivity contribution < 1.29 is 4.42 Å². The molecule has 0 amide bonds. The Bertz CT molecular complexity index is 1450. The van der Waals surface area contributed by atoms with Crippen LogP contribution in [-0.4, -0.2) is 9.97 Å². The molecule has 0 radical (unpaired) electrons. The molecule has 0 aliphatic rings. The monoisotopic (exact) mass is 426 g/mol. The molecule has 0 saturated heterocycles. The number of benzene rings is 3. The zero-order valence-corrected chi connectivity index (χ0v) is 17.6. The average molecular weight is 427 g/mol. The number of para-hydroxylation sites is 1. The first-order chi connectivity index (χ1) is 15.2. The Morgan fingerprint density at radius 1 is 0.935 bits per heavy atom. The minimum Gasteiger partial charge on any atom is -0.456 e. The van der Waals surface area contributed by atoms with Crippen molar-refractivity contribution in [2.45, 2.75) is 13.3 Å². The van der Waals surface area contributed by atoms with E-state index < -0.39 is 0 Å². The minimum absolute atomic E-state index is 0.652. The Morgan fingerprint density at radius 2 is 1.77 bits per heavy atom. The number of aryl methyl sites for hydroxylation is 1. The van der Waals surface area contributed by atoms with Crippen LogP contribution in [0, 0.1) is 0 Å². The third kappa shape index (κ3) is 3.88. The van der Waals surface area contributed by atoms with Crippen molar-refractivity contribution in [2.75, 3.05) is 5.43 Å². The largest absolute Gasteiger partial charge is 0.456 e. The highest BCUT2D eigenvalue weighted by Crippen LogP contribution is 2.25. The van der Waals surface area contributed by atoms with Gasteiger partial charge >= 0.3 is 0 Å². The number of aromatic nitrogens is 2. The van der Waals surface area contributed by atoms with E-state index in [1.807, 2.05) is 60.7 Å². The lowest BCUT2D eigenvalue weighted by Gasteiger charge is -2.08. The van der Waals surface area contributed by atoms with Crippen molar-refractivity contribution in [3.05, 3.63) is 95.1 Å². The van der Waals surface area contributed by atoms with Crippen molar-refractivity contribution in [3.63, 3.8) is 0 Å². The molecular formula is C25H19ClN4O. The highest BCUT2D eigenvalue weighted by atomic mass is 35.5. The summed E-state index contributed by atoms with van der Waals surface area (Å²) in [4.78, 5) is 8.68. The van der Waals surface area contributed by atoms with Crippen LogP contribution in [0.2, 0.25) is 5.02 Å². The molecule has 0 bridgehead atoms. The maximum Gasteiger partial charge on any atom is 0.157 e. The summed E-state index contributed by atoms with van der Waals surface area (Å²) in [5, 5.41) is 8.00. The van der Waals surface area contributed by atoms with Gasteiger partial charge in [0.15, 0.2) is 5.82 Å². The number of halogens is 1. The molecule has 0 fully saturated rings. The zero-order chi connectivity index (χ0) is 21.2. The van der Waals surface area contributed by atoms with E-state index >= 15 is 0 Å². The highest BCUT2D eigenvalue weighted by Gasteiger charge is 2.08. The smallest absolute Gasteiger partial charge is 0.157 e. The van der Waals surface area contributed by atoms with Gasteiger partial charge in [-0.3, -0.25) is 5.43 Å². The Hall–Kier alpha value is -3.70. The number of nitrogens with zero attached hydrogens (tertiary/aromatic N) is 3. The molecule has 0 atom stereocenters. The summed E-state index contributed by atoms with van der Waals surface area (Å²) in [6.45, 7) is 2.13. The Balaban J connectivity index is 1.68. The van der Waals surface area contributed by atoms with E-state index in [1.54, 1.807) is 0 Å². The van der Waals surface area contributed by atoms with Gasteiger partial charge in [0, 0.05) is 27.4 Å². The average Bonchev–Trinajstić information content (AvgIpc) is 2.82. The van der Waals surface area contributed by atoms with Crippen molar-refractivity contribution in [1.29, 1.82) is 0 Å². The zero-order valence-electron chi connectivity index (χ0n) is 16.8. The van der Waals surface area contributed by atoms with Gasteiger partial charge in [-0.15, -0.1) is 0 Å². The molecule has 0 aliphatic heterocycles. The van der Waals surface area contributed by atoms with E-state index in [0.717, 1.165) is 39.2 Å². The summed E-state index contributed by atoms with van der Waals surface area (Å²) in [5.74, 6) is 1.36. The minimum atomic E-state index is 0.652. The van der Waals surface area contributed by atoms with Crippen LogP contribution in [0.15, 0.2) is 88.6 Å². The Labute approximate surface area is 184 Å². The Kier molecular flexibility index (Phi) is 5.10. The molecule has 0 saturated carbocycles. The van der Waals surface area contributed by atoms with Gasteiger partial charge in [-0.1, -0.05) is 36.7 Å². The van der Waals surface area contributed by atoms with Crippen molar-refractivity contribution in [2.24, 2.45) is 5.10 Å². The molecule has 6 heteroatoms. The summed E-state index contributed by atoms with van der Waals surface area (Å²) >= 11 is 6.05. The van der Waals surface area contributed by atoms with Gasteiger partial charge in [-0.25, -0.2) is 9.97 Å². The van der Waals surface area contributed by atoms with E-state index in [0.29, 0.717) is 16.6 Å². The van der Waals surface area contributed by atoms with Gasteiger partial charge in [-0.2, -0.15) is 5.10 Å². The molecule has 1 N–H and O–H groups in total. The van der Waals surface area contributed by atoms with Gasteiger partial charge in [0.1, 0.15) is 17.7 Å². The lowest BCUT2D eigenvalue weighted by Crippen LogP contribution is -2.08. The first-order valence-electron chi connectivity index (χ1n) is 10.0. The number of hydrogen-bond acceptors (Lipinski definition) is 5. The molecule has 0 aliphatic carbocycles. The quantitative estimate of drug-likeness (QED) is 0.348. The van der Waals surface area contributed by atoms with Crippen LogP contribution in [0.5, 0.6) is 0 Å². The van der Waals surface area contributed by atoms with Crippen LogP contribution < -0.4 is 10.8 Å². The van der Waals surface area contributed by atoms with E-state index in [9.17, 15) is 0 Å². The van der Waals surface area contributed by atoms with Gasteiger partial charge < -0.3 is 4.42 Å². The molecule has 5 nitrogen and oxygen atoms in total. The summed E-state index contributed by atoms with van der Waals surface area (Å²) in [5.41, 5.74) is 6.89. The number of rotatable bonds is 4. The van der Waals surface area contributed by atoms with Gasteiger partial charge in [0.05, 0.1) is 10.9 Å². The topological polar surface area (TPSA) is 63.3 Å². The first-order valence-corrected chi connectivity index (χ1v) is 10.4. The molecule has 2 aromatic heterocycles. The Morgan fingerprint density at radius 3 is 2.61 bits per heavy atom. The van der Waals surface area contributed by atoms with Crippen LogP contribution in [0.25, 0.3) is 33.2 Å². The van der Waals surface area contributed by atoms with Crippen molar-refractivity contribution in [1.82, 2.24) is 9.97 Å². The lowest BCUT2D eigenvalue weighted by atomic mass is 10.1. The van der Waals surface area contributed by atoms with E-state index in [2.05, 4.69) is 34.5 Å². The second-order valence-corrected chi connectivity index (χ2v) is 7.59. The predicted molar refractivity (Wildman–Crippen MR) is 125 cm³/mol. The normalized spacial score (nSPS) is 11.9. The van der Waals surface area contributed by atoms with Crippen LogP contribution in [0.4, 0.5) is 5.82 Å². The van der Waals surface area contributed by atoms with Gasteiger partial charge in [-0.05, 0) is 60.5 Å². The SMILES string of the molecule is CCc1ccc2oc(-c3ccc(Cl)cc3)c/c(=N\Nc3ncnc4ccccc34)c2c1. The maximum absolute atomic E-state index is 6.19. The molecular weight excluding hydrogens is 408 g/mol. The fraction of sp³-hybridized carbons (Fsp3) is 0.0800. The van der Waals surface area contributed by atoms with Crippen molar-refractivity contribution >= 4 is 39.3 Å². The summed E-state index contributed by atoms with van der Waals surface area (Å²) in [7, 11) is 0. The third-order valence-corrected chi connectivity index (χ3v) is 5.42. The molecule has 5 aromatic rings. The highest BCUT2D eigenvalue weighted by molar-refractivity contribution is 6.30. The molecule has 5 rings (SSSR count).